The number of sulfonamides is 1. The van der Waals surface area contributed by atoms with E-state index in [4.69, 9.17) is 16.7 Å². The fourth-order valence-electron chi connectivity index (χ4n) is 1.62. The summed E-state index contributed by atoms with van der Waals surface area (Å²) < 4.78 is 23.0. The lowest BCUT2D eigenvalue weighted by Gasteiger charge is -2.14. The van der Waals surface area contributed by atoms with Gasteiger partial charge in [-0.05, 0) is 24.1 Å². The smallest absolute Gasteiger partial charge is 0.216 e. The molecule has 1 aromatic carbocycles. The first-order valence-electron chi connectivity index (χ1n) is 5.22. The average Bonchev–Trinajstić information content (AvgIpc) is 2.16. The van der Waals surface area contributed by atoms with E-state index in [1.807, 2.05) is 6.92 Å². The Kier molecular flexibility index (Phi) is 4.77. The van der Waals surface area contributed by atoms with Crippen LogP contribution in [0.5, 0.6) is 0 Å². The highest BCUT2D eigenvalue weighted by atomic mass is 35.5. The van der Waals surface area contributed by atoms with Crippen molar-refractivity contribution in [3.05, 3.63) is 34.9 Å². The Bertz CT molecular complexity index is 445. The van der Waals surface area contributed by atoms with Crippen LogP contribution in [0.4, 0.5) is 0 Å². The number of nitrogens with two attached hydrogens (primary N) is 1. The summed E-state index contributed by atoms with van der Waals surface area (Å²) >= 11 is 5.84. The highest BCUT2D eigenvalue weighted by Gasteiger charge is 2.22. The molecule has 1 atom stereocenters. The van der Waals surface area contributed by atoms with Crippen LogP contribution in [0, 0.1) is 0 Å². The van der Waals surface area contributed by atoms with Crippen molar-refractivity contribution in [3.8, 4) is 0 Å². The van der Waals surface area contributed by atoms with Gasteiger partial charge < -0.3 is 0 Å². The second-order valence-corrected chi connectivity index (χ2v) is 5.96. The highest BCUT2D eigenvalue weighted by Crippen LogP contribution is 2.27. The quantitative estimate of drug-likeness (QED) is 0.886. The van der Waals surface area contributed by atoms with Gasteiger partial charge in [-0.3, -0.25) is 0 Å². The van der Waals surface area contributed by atoms with Gasteiger partial charge >= 0.3 is 0 Å². The van der Waals surface area contributed by atoms with Crippen LogP contribution in [0.15, 0.2) is 24.3 Å². The lowest BCUT2D eigenvalue weighted by Crippen LogP contribution is -2.21. The van der Waals surface area contributed by atoms with Gasteiger partial charge in [-0.15, -0.1) is 0 Å². The predicted octanol–water partition coefficient (Wildman–Crippen LogP) is 2.86. The van der Waals surface area contributed by atoms with Gasteiger partial charge in [0.2, 0.25) is 10.0 Å². The Hall–Kier alpha value is -0.580. The van der Waals surface area contributed by atoms with Crippen molar-refractivity contribution in [2.24, 2.45) is 5.14 Å². The second kappa shape index (κ2) is 5.66. The summed E-state index contributed by atoms with van der Waals surface area (Å²) in [6.07, 6.45) is 2.30. The molecule has 0 aliphatic rings. The number of halogens is 1. The third kappa shape index (κ3) is 3.77. The van der Waals surface area contributed by atoms with Gasteiger partial charge in [0.15, 0.2) is 0 Å². The van der Waals surface area contributed by atoms with E-state index in [9.17, 15) is 8.42 Å². The van der Waals surface area contributed by atoms with Crippen LogP contribution in [0.1, 0.15) is 37.0 Å². The minimum Gasteiger partial charge on any atom is -0.228 e. The molecule has 0 amide bonds. The van der Waals surface area contributed by atoms with Gasteiger partial charge in [0, 0.05) is 5.02 Å². The molecule has 1 rings (SSSR count). The van der Waals surface area contributed by atoms with Crippen LogP contribution in [0.25, 0.3) is 0 Å². The van der Waals surface area contributed by atoms with Crippen LogP contribution in [-0.4, -0.2) is 8.42 Å². The number of primary sulfonamides is 1. The van der Waals surface area contributed by atoms with E-state index in [1.165, 1.54) is 0 Å². The van der Waals surface area contributed by atoms with Crippen molar-refractivity contribution < 1.29 is 8.42 Å². The van der Waals surface area contributed by atoms with Crippen LogP contribution in [-0.2, 0) is 10.0 Å². The molecule has 90 valence electrons. The SMILES string of the molecule is CCCCC(c1cccc(Cl)c1)S(N)(=O)=O. The molecule has 3 nitrogen and oxygen atoms in total. The van der Waals surface area contributed by atoms with E-state index in [-0.39, 0.29) is 0 Å². The number of unbranched alkanes of at least 4 members (excludes halogenated alkanes) is 1. The second-order valence-electron chi connectivity index (χ2n) is 3.77. The molecule has 2 N–H and O–H groups in total. The van der Waals surface area contributed by atoms with Gasteiger partial charge in [0.1, 0.15) is 5.25 Å². The summed E-state index contributed by atoms with van der Waals surface area (Å²) in [5.41, 5.74) is 0.670. The minimum atomic E-state index is -3.57. The molecule has 0 saturated heterocycles. The summed E-state index contributed by atoms with van der Waals surface area (Å²) in [4.78, 5) is 0. The minimum absolute atomic E-state index is 0.530. The average molecular weight is 262 g/mol. The van der Waals surface area contributed by atoms with Crippen molar-refractivity contribution in [2.75, 3.05) is 0 Å². The molecule has 1 unspecified atom stereocenters. The van der Waals surface area contributed by atoms with Gasteiger partial charge in [0.05, 0.1) is 0 Å². The lowest BCUT2D eigenvalue weighted by atomic mass is 10.1. The van der Waals surface area contributed by atoms with Gasteiger partial charge in [-0.25, -0.2) is 13.6 Å². The molecule has 0 radical (unpaired) electrons. The molecule has 0 aliphatic carbocycles. The van der Waals surface area contributed by atoms with Crippen LogP contribution in [0.3, 0.4) is 0 Å². The molecule has 0 saturated carbocycles. The van der Waals surface area contributed by atoms with E-state index < -0.39 is 15.3 Å². The number of benzene rings is 1. The summed E-state index contributed by atoms with van der Waals surface area (Å²) in [6, 6.07) is 6.86. The zero-order valence-electron chi connectivity index (χ0n) is 9.19. The molecule has 16 heavy (non-hydrogen) atoms. The molecule has 0 bridgehead atoms. The van der Waals surface area contributed by atoms with Crippen LogP contribution in [0.2, 0.25) is 5.02 Å². The largest absolute Gasteiger partial charge is 0.228 e. The van der Waals surface area contributed by atoms with Crippen LogP contribution >= 0.6 is 11.6 Å². The Balaban J connectivity index is 3.02. The lowest BCUT2D eigenvalue weighted by molar-refractivity contribution is 0.570. The highest BCUT2D eigenvalue weighted by molar-refractivity contribution is 7.89. The van der Waals surface area contributed by atoms with E-state index in [1.54, 1.807) is 24.3 Å². The number of hydrogen-bond donors (Lipinski definition) is 1. The molecule has 0 spiro atoms. The Labute approximate surface area is 102 Å². The molecule has 0 fully saturated rings. The number of rotatable bonds is 5. The summed E-state index contributed by atoms with van der Waals surface area (Å²) in [7, 11) is -3.57. The molecule has 0 aliphatic heterocycles. The predicted molar refractivity (Wildman–Crippen MR) is 66.8 cm³/mol. The maximum absolute atomic E-state index is 11.5. The first kappa shape index (κ1) is 13.5. The zero-order chi connectivity index (χ0) is 12.2. The fraction of sp³-hybridized carbons (Fsp3) is 0.455. The van der Waals surface area contributed by atoms with Crippen molar-refractivity contribution in [2.45, 2.75) is 31.4 Å². The molecule has 5 heteroatoms. The molecular formula is C11H16ClNO2S. The Morgan fingerprint density at radius 2 is 2.12 bits per heavy atom. The van der Waals surface area contributed by atoms with Gasteiger partial charge in [-0.1, -0.05) is 43.5 Å². The topological polar surface area (TPSA) is 60.2 Å². The maximum atomic E-state index is 11.5. The van der Waals surface area contributed by atoms with E-state index in [0.29, 0.717) is 17.0 Å². The third-order valence-corrected chi connectivity index (χ3v) is 3.97. The Morgan fingerprint density at radius 3 is 2.62 bits per heavy atom. The maximum Gasteiger partial charge on any atom is 0.216 e. The summed E-state index contributed by atoms with van der Waals surface area (Å²) in [6.45, 7) is 2.01. The van der Waals surface area contributed by atoms with Gasteiger partial charge in [-0.2, -0.15) is 0 Å². The molecule has 1 aromatic rings. The van der Waals surface area contributed by atoms with Crippen molar-refractivity contribution in [3.63, 3.8) is 0 Å². The van der Waals surface area contributed by atoms with Crippen LogP contribution < -0.4 is 5.14 Å². The standard InChI is InChI=1S/C11H16ClNO2S/c1-2-3-7-11(16(13,14)15)9-5-4-6-10(12)8-9/h4-6,8,11H,2-3,7H2,1H3,(H2,13,14,15). The zero-order valence-corrected chi connectivity index (χ0v) is 10.8. The van der Waals surface area contributed by atoms with Gasteiger partial charge in [0.25, 0.3) is 0 Å². The number of hydrogen-bond acceptors (Lipinski definition) is 2. The summed E-state index contributed by atoms with van der Waals surface area (Å²) in [5.74, 6) is 0. The normalized spacial score (nSPS) is 13.7. The monoisotopic (exact) mass is 261 g/mol. The molecule has 0 aromatic heterocycles. The van der Waals surface area contributed by atoms with Crippen molar-refractivity contribution in [1.29, 1.82) is 0 Å². The summed E-state index contributed by atoms with van der Waals surface area (Å²) in [5, 5.41) is 5.11. The first-order chi connectivity index (χ1) is 7.45. The Morgan fingerprint density at radius 1 is 1.44 bits per heavy atom. The van der Waals surface area contributed by atoms with E-state index in [0.717, 1.165) is 12.8 Å². The van der Waals surface area contributed by atoms with E-state index >= 15 is 0 Å². The third-order valence-electron chi connectivity index (χ3n) is 2.44. The van der Waals surface area contributed by atoms with E-state index in [2.05, 4.69) is 0 Å². The molecule has 0 heterocycles. The molecular weight excluding hydrogens is 246 g/mol. The van der Waals surface area contributed by atoms with Crippen molar-refractivity contribution >= 4 is 21.6 Å². The first-order valence-corrected chi connectivity index (χ1v) is 7.21. The van der Waals surface area contributed by atoms with Crippen molar-refractivity contribution in [1.82, 2.24) is 0 Å². The fourth-order valence-corrected chi connectivity index (χ4v) is 2.84.